The Labute approximate surface area is 134 Å². The van der Waals surface area contributed by atoms with E-state index >= 15 is 0 Å². The van der Waals surface area contributed by atoms with E-state index in [1.54, 1.807) is 7.11 Å². The van der Waals surface area contributed by atoms with Gasteiger partial charge in [-0.2, -0.15) is 0 Å². The van der Waals surface area contributed by atoms with Gasteiger partial charge in [0.25, 0.3) is 5.91 Å². The van der Waals surface area contributed by atoms with Gasteiger partial charge in [-0.15, -0.1) is 11.3 Å². The Morgan fingerprint density at radius 1 is 1.32 bits per heavy atom. The molecular weight excluding hydrogens is 298 g/mol. The van der Waals surface area contributed by atoms with E-state index in [0.29, 0.717) is 11.5 Å². The zero-order chi connectivity index (χ0) is 15.9. The van der Waals surface area contributed by atoms with E-state index < -0.39 is 6.04 Å². The summed E-state index contributed by atoms with van der Waals surface area (Å²) in [5.41, 5.74) is 2.99. The molecule has 2 N–H and O–H groups in total. The molecule has 0 saturated carbocycles. The Morgan fingerprint density at radius 3 is 2.64 bits per heavy atom. The van der Waals surface area contributed by atoms with Crippen LogP contribution in [0.25, 0.3) is 0 Å². The van der Waals surface area contributed by atoms with Gasteiger partial charge in [0, 0.05) is 12.7 Å². The van der Waals surface area contributed by atoms with E-state index in [-0.39, 0.29) is 12.5 Å². The van der Waals surface area contributed by atoms with Crippen molar-refractivity contribution in [2.75, 3.05) is 13.7 Å². The van der Waals surface area contributed by atoms with Crippen LogP contribution in [0.3, 0.4) is 0 Å². The first-order chi connectivity index (χ1) is 10.7. The Balaban J connectivity index is 2.11. The van der Waals surface area contributed by atoms with Crippen molar-refractivity contribution in [2.24, 2.45) is 0 Å². The topological polar surface area (TPSA) is 58.6 Å². The number of rotatable bonds is 7. The minimum Gasteiger partial charge on any atom is -0.394 e. The summed E-state index contributed by atoms with van der Waals surface area (Å²) in [6, 6.07) is 9.41. The Bertz CT molecular complexity index is 607. The molecule has 1 unspecified atom stereocenters. The first-order valence-electron chi connectivity index (χ1n) is 7.25. The Hall–Kier alpha value is -1.69. The molecule has 0 bridgehead atoms. The second kappa shape index (κ2) is 8.08. The summed E-state index contributed by atoms with van der Waals surface area (Å²) in [4.78, 5) is 13.0. The Kier molecular flexibility index (Phi) is 6.12. The first-order valence-corrected chi connectivity index (χ1v) is 8.13. The third kappa shape index (κ3) is 3.94. The van der Waals surface area contributed by atoms with Crippen molar-refractivity contribution in [3.05, 3.63) is 57.3 Å². The number of methoxy groups -OCH3 is 1. The molecule has 0 spiro atoms. The van der Waals surface area contributed by atoms with Crippen LogP contribution in [0, 0.1) is 0 Å². The fourth-order valence-corrected chi connectivity index (χ4v) is 3.06. The van der Waals surface area contributed by atoms with Gasteiger partial charge in [-0.05, 0) is 29.0 Å². The summed E-state index contributed by atoms with van der Waals surface area (Å²) in [5, 5.41) is 14.3. The van der Waals surface area contributed by atoms with Crippen molar-refractivity contribution in [2.45, 2.75) is 26.0 Å². The lowest BCUT2D eigenvalue weighted by Gasteiger charge is -2.17. The highest BCUT2D eigenvalue weighted by Gasteiger charge is 2.18. The summed E-state index contributed by atoms with van der Waals surface area (Å²) < 4.78 is 5.10. The highest BCUT2D eigenvalue weighted by Crippen LogP contribution is 2.20. The molecule has 5 heteroatoms. The number of hydrogen-bond donors (Lipinski definition) is 2. The highest BCUT2D eigenvalue weighted by molar-refractivity contribution is 7.12. The van der Waals surface area contributed by atoms with Gasteiger partial charge in [0.05, 0.1) is 24.1 Å². The molecule has 2 aromatic rings. The number of amides is 1. The molecule has 2 rings (SSSR count). The molecule has 0 radical (unpaired) electrons. The van der Waals surface area contributed by atoms with E-state index in [9.17, 15) is 9.90 Å². The monoisotopic (exact) mass is 319 g/mol. The maximum absolute atomic E-state index is 12.4. The van der Waals surface area contributed by atoms with Crippen molar-refractivity contribution in [1.29, 1.82) is 0 Å². The van der Waals surface area contributed by atoms with Crippen LogP contribution in [0.15, 0.2) is 35.7 Å². The number of carbonyl (C=O) groups excluding carboxylic acids is 1. The predicted octanol–water partition coefficient (Wildman–Crippen LogP) is 2.92. The lowest BCUT2D eigenvalue weighted by Crippen LogP contribution is -2.30. The quantitative estimate of drug-likeness (QED) is 0.825. The molecular formula is C17H21NO3S. The van der Waals surface area contributed by atoms with Gasteiger partial charge in [-0.1, -0.05) is 31.2 Å². The van der Waals surface area contributed by atoms with E-state index in [4.69, 9.17) is 4.74 Å². The number of aliphatic hydroxyl groups excluding tert-OH is 1. The average molecular weight is 319 g/mol. The fraction of sp³-hybridized carbons (Fsp3) is 0.353. The van der Waals surface area contributed by atoms with E-state index in [0.717, 1.165) is 17.5 Å². The van der Waals surface area contributed by atoms with Crippen molar-refractivity contribution >= 4 is 17.2 Å². The molecule has 0 aliphatic heterocycles. The fourth-order valence-electron chi connectivity index (χ4n) is 2.25. The van der Waals surface area contributed by atoms with Gasteiger partial charge >= 0.3 is 0 Å². The molecule has 1 aromatic heterocycles. The van der Waals surface area contributed by atoms with Crippen LogP contribution < -0.4 is 5.32 Å². The zero-order valence-electron chi connectivity index (χ0n) is 12.8. The molecule has 4 nitrogen and oxygen atoms in total. The number of ether oxygens (including phenoxy) is 1. The van der Waals surface area contributed by atoms with Crippen LogP contribution >= 0.6 is 11.3 Å². The normalized spacial score (nSPS) is 12.1. The van der Waals surface area contributed by atoms with Crippen molar-refractivity contribution in [1.82, 2.24) is 5.32 Å². The van der Waals surface area contributed by atoms with Gasteiger partial charge < -0.3 is 15.2 Å². The van der Waals surface area contributed by atoms with Crippen LogP contribution in [0.5, 0.6) is 0 Å². The standard InChI is InChI=1S/C17H21NO3S/c1-3-12-4-6-13(7-5-12)15(10-19)18-17(20)16-14(11-21-2)8-9-22-16/h4-9,15,19H,3,10-11H2,1-2H3,(H,18,20). The number of aliphatic hydroxyl groups is 1. The summed E-state index contributed by atoms with van der Waals surface area (Å²) in [6.45, 7) is 2.36. The minimum absolute atomic E-state index is 0.137. The maximum Gasteiger partial charge on any atom is 0.262 e. The van der Waals surface area contributed by atoms with Gasteiger partial charge in [0.15, 0.2) is 0 Å². The third-order valence-electron chi connectivity index (χ3n) is 3.53. The van der Waals surface area contributed by atoms with Crippen LogP contribution in [0.4, 0.5) is 0 Å². The van der Waals surface area contributed by atoms with Crippen molar-refractivity contribution in [3.63, 3.8) is 0 Å². The second-order valence-electron chi connectivity index (χ2n) is 5.01. The molecule has 0 fully saturated rings. The lowest BCUT2D eigenvalue weighted by molar-refractivity contribution is 0.0916. The molecule has 1 atom stereocenters. The third-order valence-corrected chi connectivity index (χ3v) is 4.49. The zero-order valence-corrected chi connectivity index (χ0v) is 13.7. The van der Waals surface area contributed by atoms with Crippen molar-refractivity contribution < 1.29 is 14.6 Å². The molecule has 0 saturated heterocycles. The van der Waals surface area contributed by atoms with Crippen LogP contribution in [0.2, 0.25) is 0 Å². The van der Waals surface area contributed by atoms with Gasteiger partial charge in [-0.25, -0.2) is 0 Å². The number of nitrogens with one attached hydrogen (secondary N) is 1. The molecule has 1 aromatic carbocycles. The first kappa shape index (κ1) is 16.7. The van der Waals surface area contributed by atoms with E-state index in [1.165, 1.54) is 16.9 Å². The molecule has 1 amide bonds. The van der Waals surface area contributed by atoms with Crippen LogP contribution in [-0.2, 0) is 17.8 Å². The number of hydrogen-bond acceptors (Lipinski definition) is 4. The lowest BCUT2D eigenvalue weighted by atomic mass is 10.0. The summed E-state index contributed by atoms with van der Waals surface area (Å²) in [7, 11) is 1.60. The van der Waals surface area contributed by atoms with Gasteiger partial charge in [0.2, 0.25) is 0 Å². The average Bonchev–Trinajstić information content (AvgIpc) is 3.01. The highest BCUT2D eigenvalue weighted by atomic mass is 32.1. The molecule has 118 valence electrons. The van der Waals surface area contributed by atoms with E-state index in [2.05, 4.69) is 12.2 Å². The van der Waals surface area contributed by atoms with Gasteiger partial charge in [0.1, 0.15) is 0 Å². The summed E-state index contributed by atoms with van der Waals surface area (Å²) in [5.74, 6) is -0.180. The van der Waals surface area contributed by atoms with Gasteiger partial charge in [-0.3, -0.25) is 4.79 Å². The number of benzene rings is 1. The Morgan fingerprint density at radius 2 is 2.05 bits per heavy atom. The number of thiophene rings is 1. The van der Waals surface area contributed by atoms with Crippen LogP contribution in [-0.4, -0.2) is 24.7 Å². The molecule has 22 heavy (non-hydrogen) atoms. The minimum atomic E-state index is -0.407. The predicted molar refractivity (Wildman–Crippen MR) is 88.1 cm³/mol. The smallest absolute Gasteiger partial charge is 0.262 e. The maximum atomic E-state index is 12.4. The summed E-state index contributed by atoms with van der Waals surface area (Å²) in [6.07, 6.45) is 0.964. The number of aryl methyl sites for hydroxylation is 1. The molecule has 0 aliphatic carbocycles. The SMILES string of the molecule is CCc1ccc(C(CO)NC(=O)c2sccc2COC)cc1. The van der Waals surface area contributed by atoms with Crippen LogP contribution in [0.1, 0.15) is 39.3 Å². The number of carbonyl (C=O) groups is 1. The van der Waals surface area contributed by atoms with E-state index in [1.807, 2.05) is 35.7 Å². The second-order valence-corrected chi connectivity index (χ2v) is 5.93. The largest absolute Gasteiger partial charge is 0.394 e. The van der Waals surface area contributed by atoms with Crippen molar-refractivity contribution in [3.8, 4) is 0 Å². The molecule has 0 aliphatic rings. The summed E-state index contributed by atoms with van der Waals surface area (Å²) >= 11 is 1.38. The molecule has 1 heterocycles.